The number of rotatable bonds is 5. The van der Waals surface area contributed by atoms with E-state index in [1.54, 1.807) is 0 Å². The summed E-state index contributed by atoms with van der Waals surface area (Å²) in [5, 5.41) is 9.16. The van der Waals surface area contributed by atoms with Gasteiger partial charge in [-0.2, -0.15) is 0 Å². The zero-order valence-electron chi connectivity index (χ0n) is 15.5. The fourth-order valence-corrected chi connectivity index (χ4v) is 3.08. The van der Waals surface area contributed by atoms with Crippen LogP contribution in [0.5, 0.6) is 0 Å². The van der Waals surface area contributed by atoms with Gasteiger partial charge in [0, 0.05) is 24.3 Å². The van der Waals surface area contributed by atoms with Gasteiger partial charge in [-0.05, 0) is 56.1 Å². The number of aryl methyl sites for hydroxylation is 1. The Kier molecular flexibility index (Phi) is 7.82. The average Bonchev–Trinajstić information content (AvgIpc) is 2.67. The third-order valence-electron chi connectivity index (χ3n) is 4.63. The molecule has 0 saturated carbocycles. The summed E-state index contributed by atoms with van der Waals surface area (Å²) in [4.78, 5) is 24.5. The molecule has 1 fully saturated rings. The molecule has 6 heteroatoms. The van der Waals surface area contributed by atoms with Crippen LogP contribution in [0, 0.1) is 12.8 Å². The van der Waals surface area contributed by atoms with Gasteiger partial charge in [0.15, 0.2) is 0 Å². The van der Waals surface area contributed by atoms with Crippen molar-refractivity contribution in [3.05, 3.63) is 65.2 Å². The Balaban J connectivity index is 0.00000261. The number of hydrogen-bond donors (Lipinski definition) is 3. The van der Waals surface area contributed by atoms with E-state index in [-0.39, 0.29) is 30.1 Å². The van der Waals surface area contributed by atoms with Gasteiger partial charge in [-0.3, -0.25) is 9.59 Å². The molecule has 3 N–H and O–H groups in total. The number of benzene rings is 2. The topological polar surface area (TPSA) is 70.2 Å². The number of halogens is 1. The summed E-state index contributed by atoms with van der Waals surface area (Å²) in [6.45, 7) is 4.19. The molecule has 1 unspecified atom stereocenters. The first kappa shape index (κ1) is 20.9. The van der Waals surface area contributed by atoms with Crippen LogP contribution in [-0.4, -0.2) is 24.9 Å². The lowest BCUT2D eigenvalue weighted by atomic mass is 9.99. The Labute approximate surface area is 166 Å². The number of anilines is 1. The maximum absolute atomic E-state index is 12.3. The van der Waals surface area contributed by atoms with E-state index in [1.807, 2.05) is 55.5 Å². The van der Waals surface area contributed by atoms with Crippen LogP contribution in [0.2, 0.25) is 0 Å². The molecule has 1 saturated heterocycles. The number of amides is 2. The van der Waals surface area contributed by atoms with E-state index < -0.39 is 0 Å². The van der Waals surface area contributed by atoms with E-state index in [0.29, 0.717) is 12.1 Å². The molecule has 0 bridgehead atoms. The van der Waals surface area contributed by atoms with Crippen molar-refractivity contribution in [2.75, 3.05) is 18.4 Å². The highest BCUT2D eigenvalue weighted by molar-refractivity contribution is 6.04. The summed E-state index contributed by atoms with van der Waals surface area (Å²) < 4.78 is 0. The van der Waals surface area contributed by atoms with Crippen LogP contribution in [0.15, 0.2) is 48.5 Å². The Hall–Kier alpha value is -2.37. The first-order chi connectivity index (χ1) is 12.6. The maximum Gasteiger partial charge on any atom is 0.255 e. The van der Waals surface area contributed by atoms with Gasteiger partial charge in [0.1, 0.15) is 0 Å². The molecule has 2 aromatic rings. The number of carbonyl (C=O) groups is 2. The van der Waals surface area contributed by atoms with Crippen molar-refractivity contribution in [2.45, 2.75) is 26.3 Å². The Morgan fingerprint density at radius 3 is 2.63 bits per heavy atom. The van der Waals surface area contributed by atoms with Crippen molar-refractivity contribution >= 4 is 29.9 Å². The number of carbonyl (C=O) groups excluding carboxylic acids is 2. The SMILES string of the molecule is Cc1ccc(C(=O)Nc2cccc(CNC(=O)C3CCCNC3)c2)cc1.Cl. The minimum Gasteiger partial charge on any atom is -0.352 e. The summed E-state index contributed by atoms with van der Waals surface area (Å²) in [5.74, 6) is -0.000989. The van der Waals surface area contributed by atoms with Gasteiger partial charge in [-0.15, -0.1) is 12.4 Å². The second-order valence-corrected chi connectivity index (χ2v) is 6.78. The van der Waals surface area contributed by atoms with Crippen LogP contribution >= 0.6 is 12.4 Å². The molecule has 3 rings (SSSR count). The quantitative estimate of drug-likeness (QED) is 0.737. The summed E-state index contributed by atoms with van der Waals surface area (Å²) in [6.07, 6.45) is 1.98. The zero-order valence-corrected chi connectivity index (χ0v) is 16.3. The molecule has 0 aliphatic carbocycles. The predicted molar refractivity (Wildman–Crippen MR) is 110 cm³/mol. The van der Waals surface area contributed by atoms with Crippen molar-refractivity contribution in [1.29, 1.82) is 0 Å². The van der Waals surface area contributed by atoms with Gasteiger partial charge in [-0.1, -0.05) is 29.8 Å². The molecule has 1 aliphatic heterocycles. The number of piperidine rings is 1. The molecule has 0 aromatic heterocycles. The first-order valence-corrected chi connectivity index (χ1v) is 9.07. The lowest BCUT2D eigenvalue weighted by molar-refractivity contribution is -0.125. The van der Waals surface area contributed by atoms with E-state index in [0.717, 1.165) is 42.7 Å². The molecular formula is C21H26ClN3O2. The van der Waals surface area contributed by atoms with Crippen molar-refractivity contribution in [3.8, 4) is 0 Å². The van der Waals surface area contributed by atoms with Crippen LogP contribution < -0.4 is 16.0 Å². The van der Waals surface area contributed by atoms with Crippen molar-refractivity contribution in [2.24, 2.45) is 5.92 Å². The second kappa shape index (κ2) is 10.1. The van der Waals surface area contributed by atoms with Crippen LogP contribution in [0.3, 0.4) is 0 Å². The van der Waals surface area contributed by atoms with Gasteiger partial charge in [0.25, 0.3) is 5.91 Å². The van der Waals surface area contributed by atoms with Gasteiger partial charge in [0.2, 0.25) is 5.91 Å². The minimum atomic E-state index is -0.139. The van der Waals surface area contributed by atoms with Crippen LogP contribution in [0.1, 0.15) is 34.3 Å². The van der Waals surface area contributed by atoms with E-state index in [4.69, 9.17) is 0 Å². The van der Waals surface area contributed by atoms with E-state index in [2.05, 4.69) is 16.0 Å². The standard InChI is InChI=1S/C21H25N3O2.ClH/c1-15-7-9-17(10-8-15)21(26)24-19-6-2-4-16(12-19)13-23-20(25)18-5-3-11-22-14-18;/h2,4,6-10,12,18,22H,3,5,11,13-14H2,1H3,(H,23,25)(H,24,26);1H. The van der Waals surface area contributed by atoms with Gasteiger partial charge < -0.3 is 16.0 Å². The fraction of sp³-hybridized carbons (Fsp3) is 0.333. The molecular weight excluding hydrogens is 362 g/mol. The van der Waals surface area contributed by atoms with E-state index >= 15 is 0 Å². The molecule has 1 heterocycles. The van der Waals surface area contributed by atoms with Gasteiger partial charge in [0.05, 0.1) is 5.92 Å². The molecule has 5 nitrogen and oxygen atoms in total. The van der Waals surface area contributed by atoms with Crippen molar-refractivity contribution in [1.82, 2.24) is 10.6 Å². The lowest BCUT2D eigenvalue weighted by Crippen LogP contribution is -2.40. The minimum absolute atomic E-state index is 0. The smallest absolute Gasteiger partial charge is 0.255 e. The van der Waals surface area contributed by atoms with Crippen LogP contribution in [0.4, 0.5) is 5.69 Å². The normalized spacial score (nSPS) is 16.1. The fourth-order valence-electron chi connectivity index (χ4n) is 3.08. The second-order valence-electron chi connectivity index (χ2n) is 6.78. The highest BCUT2D eigenvalue weighted by Gasteiger charge is 2.20. The summed E-state index contributed by atoms with van der Waals surface area (Å²) in [7, 11) is 0. The maximum atomic E-state index is 12.3. The highest BCUT2D eigenvalue weighted by atomic mass is 35.5. The third kappa shape index (κ3) is 6.08. The van der Waals surface area contributed by atoms with Crippen LogP contribution in [0.25, 0.3) is 0 Å². The first-order valence-electron chi connectivity index (χ1n) is 9.07. The molecule has 144 valence electrons. The zero-order chi connectivity index (χ0) is 18.4. The number of hydrogen-bond acceptors (Lipinski definition) is 3. The summed E-state index contributed by atoms with van der Waals surface area (Å²) in [5.41, 5.74) is 3.43. The van der Waals surface area contributed by atoms with Crippen molar-refractivity contribution < 1.29 is 9.59 Å². The molecule has 0 spiro atoms. The van der Waals surface area contributed by atoms with Gasteiger partial charge in [-0.25, -0.2) is 0 Å². The summed E-state index contributed by atoms with van der Waals surface area (Å²) >= 11 is 0. The Morgan fingerprint density at radius 1 is 1.15 bits per heavy atom. The predicted octanol–water partition coefficient (Wildman–Crippen LogP) is 3.28. The summed E-state index contributed by atoms with van der Waals surface area (Å²) in [6, 6.07) is 15.0. The molecule has 0 radical (unpaired) electrons. The molecule has 27 heavy (non-hydrogen) atoms. The van der Waals surface area contributed by atoms with E-state index in [9.17, 15) is 9.59 Å². The Bertz CT molecular complexity index is 771. The average molecular weight is 388 g/mol. The monoisotopic (exact) mass is 387 g/mol. The van der Waals surface area contributed by atoms with Crippen molar-refractivity contribution in [3.63, 3.8) is 0 Å². The highest BCUT2D eigenvalue weighted by Crippen LogP contribution is 2.14. The molecule has 1 aliphatic rings. The molecule has 2 amide bonds. The lowest BCUT2D eigenvalue weighted by Gasteiger charge is -2.21. The molecule has 2 aromatic carbocycles. The third-order valence-corrected chi connectivity index (χ3v) is 4.63. The van der Waals surface area contributed by atoms with Crippen LogP contribution in [-0.2, 0) is 11.3 Å². The van der Waals surface area contributed by atoms with E-state index in [1.165, 1.54) is 0 Å². The Morgan fingerprint density at radius 2 is 1.93 bits per heavy atom. The number of nitrogens with one attached hydrogen (secondary N) is 3. The largest absolute Gasteiger partial charge is 0.352 e. The molecule has 1 atom stereocenters. The van der Waals surface area contributed by atoms with Gasteiger partial charge >= 0.3 is 0 Å².